The third kappa shape index (κ3) is 3.14. The van der Waals surface area contributed by atoms with Crippen molar-refractivity contribution in [2.24, 2.45) is 0 Å². The molecule has 0 fully saturated rings. The summed E-state index contributed by atoms with van der Waals surface area (Å²) >= 11 is 0. The van der Waals surface area contributed by atoms with Gasteiger partial charge in [0.05, 0.1) is 13.2 Å². The first-order valence-corrected chi connectivity index (χ1v) is 6.82. The van der Waals surface area contributed by atoms with E-state index >= 15 is 0 Å². The maximum absolute atomic E-state index is 5.34. The van der Waals surface area contributed by atoms with Gasteiger partial charge in [-0.1, -0.05) is 36.2 Å². The van der Waals surface area contributed by atoms with Crippen molar-refractivity contribution in [2.45, 2.75) is 26.8 Å². The quantitative estimate of drug-likeness (QED) is 0.908. The second-order valence-electron chi connectivity index (χ2n) is 4.86. The molecule has 0 saturated carbocycles. The van der Waals surface area contributed by atoms with E-state index in [1.54, 1.807) is 19.5 Å². The Balaban J connectivity index is 2.50. The smallest absolute Gasteiger partial charge is 0.237 e. The lowest BCUT2D eigenvalue weighted by Crippen LogP contribution is -2.24. The SMILES string of the molecule is CCNC(c1cc(C)cc(C)c1)c1nccnc1OC. The molecule has 20 heavy (non-hydrogen) atoms. The zero-order chi connectivity index (χ0) is 14.5. The van der Waals surface area contributed by atoms with Crippen LogP contribution in [0.5, 0.6) is 5.88 Å². The number of ether oxygens (including phenoxy) is 1. The Morgan fingerprint density at radius 3 is 2.35 bits per heavy atom. The number of methoxy groups -OCH3 is 1. The maximum Gasteiger partial charge on any atom is 0.237 e. The van der Waals surface area contributed by atoms with Gasteiger partial charge in [-0.15, -0.1) is 0 Å². The lowest BCUT2D eigenvalue weighted by atomic mass is 9.99. The molecule has 0 aliphatic rings. The summed E-state index contributed by atoms with van der Waals surface area (Å²) in [6.45, 7) is 7.14. The fraction of sp³-hybridized carbons (Fsp3) is 0.375. The van der Waals surface area contributed by atoms with E-state index in [2.05, 4.69) is 54.3 Å². The summed E-state index contributed by atoms with van der Waals surface area (Å²) in [7, 11) is 1.62. The normalized spacial score (nSPS) is 12.2. The summed E-state index contributed by atoms with van der Waals surface area (Å²) in [5, 5.41) is 3.46. The van der Waals surface area contributed by atoms with Crippen molar-refractivity contribution >= 4 is 0 Å². The lowest BCUT2D eigenvalue weighted by Gasteiger charge is -2.20. The number of rotatable bonds is 5. The minimum Gasteiger partial charge on any atom is -0.480 e. The van der Waals surface area contributed by atoms with Crippen LogP contribution in [0.25, 0.3) is 0 Å². The summed E-state index contributed by atoms with van der Waals surface area (Å²) < 4.78 is 5.34. The molecule has 1 unspecified atom stereocenters. The van der Waals surface area contributed by atoms with Crippen LogP contribution < -0.4 is 10.1 Å². The molecule has 0 aliphatic carbocycles. The van der Waals surface area contributed by atoms with Gasteiger partial charge in [-0.3, -0.25) is 4.98 Å². The van der Waals surface area contributed by atoms with Crippen molar-refractivity contribution in [2.75, 3.05) is 13.7 Å². The number of benzene rings is 1. The van der Waals surface area contributed by atoms with Crippen LogP contribution in [0, 0.1) is 13.8 Å². The molecule has 4 nitrogen and oxygen atoms in total. The first kappa shape index (κ1) is 14.5. The average Bonchev–Trinajstić information content (AvgIpc) is 2.43. The van der Waals surface area contributed by atoms with Gasteiger partial charge in [0.15, 0.2) is 0 Å². The van der Waals surface area contributed by atoms with Crippen molar-refractivity contribution in [3.63, 3.8) is 0 Å². The van der Waals surface area contributed by atoms with Crippen LogP contribution in [0.1, 0.15) is 35.3 Å². The van der Waals surface area contributed by atoms with Crippen molar-refractivity contribution in [1.29, 1.82) is 0 Å². The molecule has 1 aromatic heterocycles. The molecule has 0 bridgehead atoms. The van der Waals surface area contributed by atoms with Gasteiger partial charge in [-0.25, -0.2) is 4.98 Å². The second kappa shape index (κ2) is 6.48. The van der Waals surface area contributed by atoms with Gasteiger partial charge < -0.3 is 10.1 Å². The van der Waals surface area contributed by atoms with Crippen molar-refractivity contribution in [3.8, 4) is 5.88 Å². The number of aryl methyl sites for hydroxylation is 2. The average molecular weight is 271 g/mol. The Kier molecular flexibility index (Phi) is 4.69. The highest BCUT2D eigenvalue weighted by atomic mass is 16.5. The van der Waals surface area contributed by atoms with E-state index < -0.39 is 0 Å². The molecule has 0 amide bonds. The van der Waals surface area contributed by atoms with Crippen LogP contribution in [0.3, 0.4) is 0 Å². The molecule has 0 saturated heterocycles. The molecule has 0 spiro atoms. The fourth-order valence-electron chi connectivity index (χ4n) is 2.44. The first-order valence-electron chi connectivity index (χ1n) is 6.82. The molecular weight excluding hydrogens is 250 g/mol. The molecular formula is C16H21N3O. The van der Waals surface area contributed by atoms with E-state index in [9.17, 15) is 0 Å². The molecule has 1 aromatic carbocycles. The standard InChI is InChI=1S/C16H21N3O/c1-5-17-14(13-9-11(2)8-12(3)10-13)15-16(20-4)19-7-6-18-15/h6-10,14,17H,5H2,1-4H3. The zero-order valence-corrected chi connectivity index (χ0v) is 12.5. The number of hydrogen-bond donors (Lipinski definition) is 1. The Hall–Kier alpha value is -1.94. The molecule has 2 aromatic rings. The Bertz CT molecular complexity index is 563. The van der Waals surface area contributed by atoms with E-state index in [-0.39, 0.29) is 6.04 Å². The lowest BCUT2D eigenvalue weighted by molar-refractivity contribution is 0.383. The molecule has 0 aliphatic heterocycles. The largest absolute Gasteiger partial charge is 0.480 e. The predicted molar refractivity (Wildman–Crippen MR) is 80.0 cm³/mol. The van der Waals surface area contributed by atoms with Gasteiger partial charge in [0.25, 0.3) is 0 Å². The first-order chi connectivity index (χ1) is 9.65. The topological polar surface area (TPSA) is 47.0 Å². The van der Waals surface area contributed by atoms with Gasteiger partial charge in [0, 0.05) is 12.4 Å². The molecule has 1 heterocycles. The minimum atomic E-state index is -0.0118. The van der Waals surface area contributed by atoms with Crippen molar-refractivity contribution < 1.29 is 4.74 Å². The zero-order valence-electron chi connectivity index (χ0n) is 12.5. The summed E-state index contributed by atoms with van der Waals surface area (Å²) in [6.07, 6.45) is 3.34. The van der Waals surface area contributed by atoms with Gasteiger partial charge in [-0.05, 0) is 26.0 Å². The molecule has 4 heteroatoms. The minimum absolute atomic E-state index is 0.0118. The van der Waals surface area contributed by atoms with E-state index in [4.69, 9.17) is 4.74 Å². The van der Waals surface area contributed by atoms with Gasteiger partial charge in [0.2, 0.25) is 5.88 Å². The monoisotopic (exact) mass is 271 g/mol. The van der Waals surface area contributed by atoms with Gasteiger partial charge in [0.1, 0.15) is 5.69 Å². The maximum atomic E-state index is 5.34. The Morgan fingerprint density at radius 1 is 1.10 bits per heavy atom. The van der Waals surface area contributed by atoms with Crippen molar-refractivity contribution in [1.82, 2.24) is 15.3 Å². The Labute approximate surface area is 120 Å². The summed E-state index contributed by atoms with van der Waals surface area (Å²) in [5.41, 5.74) is 4.49. The highest BCUT2D eigenvalue weighted by Gasteiger charge is 2.20. The second-order valence-corrected chi connectivity index (χ2v) is 4.86. The van der Waals surface area contributed by atoms with Gasteiger partial charge in [-0.2, -0.15) is 0 Å². The highest BCUT2D eigenvalue weighted by Crippen LogP contribution is 2.27. The summed E-state index contributed by atoms with van der Waals surface area (Å²) in [6, 6.07) is 6.51. The van der Waals surface area contributed by atoms with Gasteiger partial charge >= 0.3 is 0 Å². The van der Waals surface area contributed by atoms with E-state index in [0.717, 1.165) is 12.2 Å². The van der Waals surface area contributed by atoms with Crippen molar-refractivity contribution in [3.05, 3.63) is 53.0 Å². The molecule has 1 atom stereocenters. The molecule has 1 N–H and O–H groups in total. The Morgan fingerprint density at radius 2 is 1.75 bits per heavy atom. The number of nitrogens with zero attached hydrogens (tertiary/aromatic N) is 2. The number of aromatic nitrogens is 2. The third-order valence-corrected chi connectivity index (χ3v) is 3.14. The van der Waals surface area contributed by atoms with Crippen LogP contribution >= 0.6 is 0 Å². The van der Waals surface area contributed by atoms with Crippen LogP contribution in [-0.2, 0) is 0 Å². The number of nitrogens with one attached hydrogen (secondary N) is 1. The summed E-state index contributed by atoms with van der Waals surface area (Å²) in [4.78, 5) is 8.70. The van der Waals surface area contributed by atoms with Crippen LogP contribution in [0.15, 0.2) is 30.6 Å². The van der Waals surface area contributed by atoms with Crippen LogP contribution in [0.4, 0.5) is 0 Å². The van der Waals surface area contributed by atoms with E-state index in [1.165, 1.54) is 16.7 Å². The molecule has 106 valence electrons. The predicted octanol–water partition coefficient (Wildman–Crippen LogP) is 2.80. The van der Waals surface area contributed by atoms with E-state index in [1.807, 2.05) is 0 Å². The third-order valence-electron chi connectivity index (χ3n) is 3.14. The number of hydrogen-bond acceptors (Lipinski definition) is 4. The highest BCUT2D eigenvalue weighted by molar-refractivity contribution is 5.37. The van der Waals surface area contributed by atoms with Crippen LogP contribution in [-0.4, -0.2) is 23.6 Å². The summed E-state index contributed by atoms with van der Waals surface area (Å²) in [5.74, 6) is 0.567. The van der Waals surface area contributed by atoms with E-state index in [0.29, 0.717) is 5.88 Å². The molecule has 0 radical (unpaired) electrons. The fourth-order valence-corrected chi connectivity index (χ4v) is 2.44. The molecule has 2 rings (SSSR count). The van der Waals surface area contributed by atoms with Crippen LogP contribution in [0.2, 0.25) is 0 Å².